The van der Waals surface area contributed by atoms with Crippen LogP contribution in [0.1, 0.15) is 60.4 Å². The zero-order chi connectivity index (χ0) is 25.3. The first-order valence-corrected chi connectivity index (χ1v) is 11.4. The van der Waals surface area contributed by atoms with Gasteiger partial charge in [-0.3, -0.25) is 25.2 Å². The Morgan fingerprint density at radius 2 is 1.50 bits per heavy atom. The predicted molar refractivity (Wildman–Crippen MR) is 131 cm³/mol. The second-order valence-corrected chi connectivity index (χ2v) is 8.90. The number of hydrogen-bond donors (Lipinski definition) is 3. The van der Waals surface area contributed by atoms with E-state index in [1.807, 2.05) is 32.9 Å². The summed E-state index contributed by atoms with van der Waals surface area (Å²) in [5.41, 5.74) is 6.58. The third kappa shape index (κ3) is 7.79. The Bertz CT molecular complexity index is 986. The van der Waals surface area contributed by atoms with Gasteiger partial charge in [-0.05, 0) is 55.5 Å². The molecule has 8 nitrogen and oxygen atoms in total. The average molecular weight is 470 g/mol. The van der Waals surface area contributed by atoms with Crippen LogP contribution in [0.2, 0.25) is 0 Å². The van der Waals surface area contributed by atoms with Gasteiger partial charge in [0.2, 0.25) is 0 Å². The van der Waals surface area contributed by atoms with E-state index >= 15 is 0 Å². The number of carbonyl (C=O) groups excluding carboxylic acids is 3. The smallest absolute Gasteiger partial charge is 0.269 e. The van der Waals surface area contributed by atoms with E-state index in [9.17, 15) is 14.4 Å². The van der Waals surface area contributed by atoms with Crippen molar-refractivity contribution in [1.29, 1.82) is 0 Å². The molecule has 0 heterocycles. The van der Waals surface area contributed by atoms with Gasteiger partial charge in [-0.25, -0.2) is 0 Å². The number of nitrogens with one attached hydrogen (secondary N) is 3. The fourth-order valence-corrected chi connectivity index (χ4v) is 3.07. The quantitative estimate of drug-likeness (QED) is 0.461. The molecule has 34 heavy (non-hydrogen) atoms. The lowest BCUT2D eigenvalue weighted by Crippen LogP contribution is -2.54. The number of amides is 3. The van der Waals surface area contributed by atoms with Crippen molar-refractivity contribution in [3.8, 4) is 11.5 Å². The molecular formula is C26H35N3O5. The summed E-state index contributed by atoms with van der Waals surface area (Å²) in [6, 6.07) is 11.0. The van der Waals surface area contributed by atoms with Crippen molar-refractivity contribution in [2.24, 2.45) is 11.8 Å². The SMILES string of the molecule is COc1cc(C(=O)NNC(=O)[C@@H](NC(=O)c2ccc(C)cc2)C(C)C)ccc1OCCC(C)C. The second-order valence-electron chi connectivity index (χ2n) is 8.90. The normalized spacial score (nSPS) is 11.6. The Kier molecular flexibility index (Phi) is 9.92. The molecule has 8 heteroatoms. The van der Waals surface area contributed by atoms with Gasteiger partial charge in [-0.15, -0.1) is 0 Å². The molecule has 3 amide bonds. The minimum Gasteiger partial charge on any atom is -0.493 e. The number of hydrazine groups is 1. The summed E-state index contributed by atoms with van der Waals surface area (Å²) in [5.74, 6) is -0.129. The van der Waals surface area contributed by atoms with Gasteiger partial charge in [-0.1, -0.05) is 45.4 Å². The van der Waals surface area contributed by atoms with Gasteiger partial charge in [0, 0.05) is 11.1 Å². The standard InChI is InChI=1S/C26H35N3O5/c1-16(2)13-14-34-21-12-11-20(15-22(21)33-6)25(31)28-29-26(32)23(17(3)4)27-24(30)19-9-7-18(5)8-10-19/h7-12,15-17,23H,13-14H2,1-6H3,(H,27,30)(H,28,31)(H,29,32)/t23-/m0/s1. The Morgan fingerprint density at radius 1 is 0.853 bits per heavy atom. The van der Waals surface area contributed by atoms with Gasteiger partial charge in [0.1, 0.15) is 6.04 Å². The maximum atomic E-state index is 12.7. The summed E-state index contributed by atoms with van der Waals surface area (Å²) < 4.78 is 11.1. The molecule has 0 fully saturated rings. The highest BCUT2D eigenvalue weighted by Crippen LogP contribution is 2.28. The second kappa shape index (κ2) is 12.6. The van der Waals surface area contributed by atoms with E-state index in [2.05, 4.69) is 30.0 Å². The molecule has 2 aromatic rings. The van der Waals surface area contributed by atoms with Gasteiger partial charge in [0.15, 0.2) is 11.5 Å². The van der Waals surface area contributed by atoms with Crippen LogP contribution in [0, 0.1) is 18.8 Å². The first-order chi connectivity index (χ1) is 16.1. The van der Waals surface area contributed by atoms with Crippen molar-refractivity contribution in [2.75, 3.05) is 13.7 Å². The average Bonchev–Trinajstić information content (AvgIpc) is 2.80. The largest absolute Gasteiger partial charge is 0.493 e. The van der Waals surface area contributed by atoms with Crippen LogP contribution in [-0.4, -0.2) is 37.5 Å². The minimum absolute atomic E-state index is 0.200. The Balaban J connectivity index is 1.99. The molecule has 1 atom stereocenters. The first-order valence-electron chi connectivity index (χ1n) is 11.4. The third-order valence-electron chi connectivity index (χ3n) is 5.23. The van der Waals surface area contributed by atoms with Crippen LogP contribution < -0.4 is 25.6 Å². The third-order valence-corrected chi connectivity index (χ3v) is 5.23. The number of aryl methyl sites for hydroxylation is 1. The number of ether oxygens (including phenoxy) is 2. The van der Waals surface area contributed by atoms with Crippen molar-refractivity contribution in [1.82, 2.24) is 16.2 Å². The fourth-order valence-electron chi connectivity index (χ4n) is 3.07. The summed E-state index contributed by atoms with van der Waals surface area (Å²) in [5, 5.41) is 2.73. The molecule has 0 saturated heterocycles. The Labute approximate surface area is 201 Å². The monoisotopic (exact) mass is 469 g/mol. The van der Waals surface area contributed by atoms with Crippen LogP contribution in [0.3, 0.4) is 0 Å². The van der Waals surface area contributed by atoms with Crippen molar-refractivity contribution in [3.05, 3.63) is 59.2 Å². The zero-order valence-corrected chi connectivity index (χ0v) is 20.7. The Hall–Kier alpha value is -3.55. The summed E-state index contributed by atoms with van der Waals surface area (Å²) in [6.45, 7) is 10.3. The maximum Gasteiger partial charge on any atom is 0.269 e. The molecule has 0 spiro atoms. The summed E-state index contributed by atoms with van der Waals surface area (Å²) in [4.78, 5) is 37.8. The highest BCUT2D eigenvalue weighted by molar-refractivity contribution is 5.99. The van der Waals surface area contributed by atoms with Crippen LogP contribution in [0.25, 0.3) is 0 Å². The van der Waals surface area contributed by atoms with Crippen LogP contribution in [-0.2, 0) is 4.79 Å². The van der Waals surface area contributed by atoms with Crippen LogP contribution >= 0.6 is 0 Å². The van der Waals surface area contributed by atoms with Crippen LogP contribution in [0.15, 0.2) is 42.5 Å². The van der Waals surface area contributed by atoms with E-state index in [0.717, 1.165) is 12.0 Å². The predicted octanol–water partition coefficient (Wildman–Crippen LogP) is 3.64. The molecule has 3 N–H and O–H groups in total. The summed E-state index contributed by atoms with van der Waals surface area (Å²) in [6.07, 6.45) is 0.898. The van der Waals surface area contributed by atoms with Crippen LogP contribution in [0.4, 0.5) is 0 Å². The van der Waals surface area contributed by atoms with Gasteiger partial charge in [-0.2, -0.15) is 0 Å². The van der Waals surface area contributed by atoms with Crippen molar-refractivity contribution in [2.45, 2.75) is 47.1 Å². The highest BCUT2D eigenvalue weighted by atomic mass is 16.5. The van der Waals surface area contributed by atoms with Crippen molar-refractivity contribution < 1.29 is 23.9 Å². The number of methoxy groups -OCH3 is 1. The lowest BCUT2D eigenvalue weighted by Gasteiger charge is -2.22. The molecule has 0 bridgehead atoms. The van der Waals surface area contributed by atoms with Gasteiger partial charge in [0.05, 0.1) is 13.7 Å². The van der Waals surface area contributed by atoms with Crippen molar-refractivity contribution >= 4 is 17.7 Å². The van der Waals surface area contributed by atoms with E-state index in [4.69, 9.17) is 9.47 Å². The van der Waals surface area contributed by atoms with E-state index in [-0.39, 0.29) is 17.4 Å². The van der Waals surface area contributed by atoms with E-state index in [0.29, 0.717) is 29.6 Å². The van der Waals surface area contributed by atoms with Crippen LogP contribution in [0.5, 0.6) is 11.5 Å². The van der Waals surface area contributed by atoms with E-state index < -0.39 is 17.9 Å². The highest BCUT2D eigenvalue weighted by Gasteiger charge is 2.25. The van der Waals surface area contributed by atoms with Gasteiger partial charge < -0.3 is 14.8 Å². The molecule has 0 aliphatic heterocycles. The minimum atomic E-state index is -0.833. The lowest BCUT2D eigenvalue weighted by atomic mass is 10.0. The van der Waals surface area contributed by atoms with Gasteiger partial charge >= 0.3 is 0 Å². The zero-order valence-electron chi connectivity index (χ0n) is 20.7. The molecular weight excluding hydrogens is 434 g/mol. The number of hydrogen-bond acceptors (Lipinski definition) is 5. The molecule has 2 rings (SSSR count). The number of rotatable bonds is 10. The molecule has 0 aliphatic rings. The number of benzene rings is 2. The molecule has 0 unspecified atom stereocenters. The maximum absolute atomic E-state index is 12.7. The van der Waals surface area contributed by atoms with E-state index in [1.54, 1.807) is 30.3 Å². The summed E-state index contributed by atoms with van der Waals surface area (Å²) in [7, 11) is 1.50. The van der Waals surface area contributed by atoms with Crippen molar-refractivity contribution in [3.63, 3.8) is 0 Å². The van der Waals surface area contributed by atoms with Gasteiger partial charge in [0.25, 0.3) is 17.7 Å². The molecule has 0 saturated carbocycles. The lowest BCUT2D eigenvalue weighted by molar-refractivity contribution is -0.124. The first kappa shape index (κ1) is 26.7. The fraction of sp³-hybridized carbons (Fsp3) is 0.423. The molecule has 2 aromatic carbocycles. The molecule has 0 aliphatic carbocycles. The molecule has 0 aromatic heterocycles. The topological polar surface area (TPSA) is 106 Å². The molecule has 184 valence electrons. The molecule has 0 radical (unpaired) electrons. The number of carbonyl (C=O) groups is 3. The van der Waals surface area contributed by atoms with E-state index in [1.165, 1.54) is 7.11 Å². The Morgan fingerprint density at radius 3 is 2.09 bits per heavy atom. The summed E-state index contributed by atoms with van der Waals surface area (Å²) >= 11 is 0.